The smallest absolute Gasteiger partial charge is 0.296 e. The molecule has 0 bridgehead atoms. The Morgan fingerprint density at radius 1 is 0.952 bits per heavy atom. The van der Waals surface area contributed by atoms with E-state index in [1.807, 2.05) is 49.4 Å². The van der Waals surface area contributed by atoms with Crippen LogP contribution in [-0.2, 0) is 13.6 Å². The molecule has 3 rings (SSSR count). The molecule has 2 aromatic carbocycles. The van der Waals surface area contributed by atoms with Crippen molar-refractivity contribution in [3.05, 3.63) is 80.5 Å². The summed E-state index contributed by atoms with van der Waals surface area (Å²) in [6, 6.07) is 15.1. The SMILES string of the molecule is Cc1cccc2c1c(=O)n(Cc1ccccc1)c(=O)n2C. The van der Waals surface area contributed by atoms with E-state index in [1.54, 1.807) is 13.1 Å². The monoisotopic (exact) mass is 280 g/mol. The minimum Gasteiger partial charge on any atom is -0.296 e. The summed E-state index contributed by atoms with van der Waals surface area (Å²) in [6.45, 7) is 2.18. The molecule has 0 fully saturated rings. The third-order valence-corrected chi connectivity index (χ3v) is 3.77. The summed E-state index contributed by atoms with van der Waals surface area (Å²) in [4.78, 5) is 25.1. The van der Waals surface area contributed by atoms with Crippen molar-refractivity contribution in [3.8, 4) is 0 Å². The first-order chi connectivity index (χ1) is 10.1. The van der Waals surface area contributed by atoms with E-state index in [9.17, 15) is 9.59 Å². The predicted octanol–water partition coefficient (Wildman–Crippen LogP) is 2.06. The third kappa shape index (κ3) is 2.18. The number of fused-ring (bicyclic) bond motifs is 1. The standard InChI is InChI=1S/C17H16N2O2/c1-12-7-6-10-14-15(12)16(20)19(17(21)18(14)2)11-13-8-4-3-5-9-13/h3-10H,11H2,1-2H3. The number of rotatable bonds is 2. The Balaban J connectivity index is 2.32. The fourth-order valence-corrected chi connectivity index (χ4v) is 2.62. The van der Waals surface area contributed by atoms with Crippen LogP contribution in [0, 0.1) is 6.92 Å². The van der Waals surface area contributed by atoms with Gasteiger partial charge in [0.05, 0.1) is 17.4 Å². The van der Waals surface area contributed by atoms with E-state index in [1.165, 1.54) is 9.13 Å². The van der Waals surface area contributed by atoms with Crippen molar-refractivity contribution in [3.63, 3.8) is 0 Å². The Hall–Kier alpha value is -2.62. The molecular formula is C17H16N2O2. The fraction of sp³-hybridized carbons (Fsp3) is 0.176. The molecule has 0 N–H and O–H groups in total. The van der Waals surface area contributed by atoms with Gasteiger partial charge in [-0.2, -0.15) is 0 Å². The number of nitrogens with zero attached hydrogens (tertiary/aromatic N) is 2. The first kappa shape index (κ1) is 13.4. The van der Waals surface area contributed by atoms with E-state index in [0.717, 1.165) is 11.1 Å². The van der Waals surface area contributed by atoms with Gasteiger partial charge in [-0.3, -0.25) is 13.9 Å². The summed E-state index contributed by atoms with van der Waals surface area (Å²) < 4.78 is 2.83. The Morgan fingerprint density at radius 2 is 1.67 bits per heavy atom. The van der Waals surface area contributed by atoms with Crippen LogP contribution in [0.2, 0.25) is 0 Å². The molecule has 4 nitrogen and oxygen atoms in total. The van der Waals surface area contributed by atoms with Gasteiger partial charge in [-0.25, -0.2) is 4.79 Å². The molecule has 0 saturated carbocycles. The van der Waals surface area contributed by atoms with Gasteiger partial charge in [0.25, 0.3) is 5.56 Å². The van der Waals surface area contributed by atoms with Crippen LogP contribution < -0.4 is 11.2 Å². The summed E-state index contributed by atoms with van der Waals surface area (Å²) in [7, 11) is 1.70. The van der Waals surface area contributed by atoms with Gasteiger partial charge in [0.1, 0.15) is 0 Å². The zero-order valence-electron chi connectivity index (χ0n) is 12.0. The topological polar surface area (TPSA) is 44.0 Å². The van der Waals surface area contributed by atoms with Crippen LogP contribution in [0.3, 0.4) is 0 Å². The molecule has 1 aromatic heterocycles. The first-order valence-electron chi connectivity index (χ1n) is 6.82. The molecule has 0 spiro atoms. The lowest BCUT2D eigenvalue weighted by atomic mass is 10.1. The van der Waals surface area contributed by atoms with Crippen LogP contribution in [-0.4, -0.2) is 9.13 Å². The van der Waals surface area contributed by atoms with Crippen LogP contribution in [0.5, 0.6) is 0 Å². The fourth-order valence-electron chi connectivity index (χ4n) is 2.62. The molecule has 0 aliphatic heterocycles. The lowest BCUT2D eigenvalue weighted by molar-refractivity contribution is 0.660. The largest absolute Gasteiger partial charge is 0.331 e. The van der Waals surface area contributed by atoms with Gasteiger partial charge in [0.2, 0.25) is 0 Å². The molecule has 0 aliphatic carbocycles. The number of hydrogen-bond acceptors (Lipinski definition) is 2. The van der Waals surface area contributed by atoms with E-state index in [4.69, 9.17) is 0 Å². The Kier molecular flexibility index (Phi) is 3.22. The van der Waals surface area contributed by atoms with Crippen molar-refractivity contribution >= 4 is 10.9 Å². The maximum Gasteiger partial charge on any atom is 0.331 e. The van der Waals surface area contributed by atoms with E-state index < -0.39 is 0 Å². The number of benzene rings is 2. The maximum absolute atomic E-state index is 12.7. The van der Waals surface area contributed by atoms with Gasteiger partial charge in [-0.15, -0.1) is 0 Å². The highest BCUT2D eigenvalue weighted by molar-refractivity contribution is 5.81. The van der Waals surface area contributed by atoms with E-state index >= 15 is 0 Å². The lowest BCUT2D eigenvalue weighted by Crippen LogP contribution is -2.39. The van der Waals surface area contributed by atoms with Crippen LogP contribution in [0.4, 0.5) is 0 Å². The van der Waals surface area contributed by atoms with Crippen molar-refractivity contribution in [2.45, 2.75) is 13.5 Å². The van der Waals surface area contributed by atoms with Gasteiger partial charge in [-0.05, 0) is 24.1 Å². The molecular weight excluding hydrogens is 264 g/mol. The van der Waals surface area contributed by atoms with Crippen LogP contribution in [0.1, 0.15) is 11.1 Å². The summed E-state index contributed by atoms with van der Waals surface area (Å²) in [5, 5.41) is 0.607. The second-order valence-electron chi connectivity index (χ2n) is 5.19. The molecule has 4 heteroatoms. The highest BCUT2D eigenvalue weighted by Crippen LogP contribution is 2.12. The number of aryl methyl sites for hydroxylation is 2. The average molecular weight is 280 g/mol. The van der Waals surface area contributed by atoms with Crippen LogP contribution >= 0.6 is 0 Å². The van der Waals surface area contributed by atoms with Crippen LogP contribution in [0.25, 0.3) is 10.9 Å². The molecule has 0 amide bonds. The van der Waals surface area contributed by atoms with Crippen LogP contribution in [0.15, 0.2) is 58.1 Å². The minimum absolute atomic E-state index is 0.227. The average Bonchev–Trinajstić information content (AvgIpc) is 2.50. The van der Waals surface area contributed by atoms with Crippen molar-refractivity contribution in [2.24, 2.45) is 7.05 Å². The highest BCUT2D eigenvalue weighted by Gasteiger charge is 2.12. The van der Waals surface area contributed by atoms with E-state index in [2.05, 4.69) is 0 Å². The van der Waals surface area contributed by atoms with Crippen molar-refractivity contribution in [2.75, 3.05) is 0 Å². The quantitative estimate of drug-likeness (QED) is 0.721. The van der Waals surface area contributed by atoms with Gasteiger partial charge in [-0.1, -0.05) is 42.5 Å². The molecule has 0 unspecified atom stereocenters. The minimum atomic E-state index is -0.290. The summed E-state index contributed by atoms with van der Waals surface area (Å²) in [5.41, 5.74) is 1.98. The Bertz CT molecular complexity index is 921. The highest BCUT2D eigenvalue weighted by atomic mass is 16.2. The van der Waals surface area contributed by atoms with E-state index in [-0.39, 0.29) is 17.8 Å². The normalized spacial score (nSPS) is 11.0. The van der Waals surface area contributed by atoms with Crippen molar-refractivity contribution in [1.29, 1.82) is 0 Å². The van der Waals surface area contributed by atoms with Gasteiger partial charge in [0, 0.05) is 7.05 Å². The number of hydrogen-bond donors (Lipinski definition) is 0. The molecule has 106 valence electrons. The maximum atomic E-state index is 12.7. The second kappa shape index (κ2) is 5.05. The molecule has 1 heterocycles. The van der Waals surface area contributed by atoms with Gasteiger partial charge in [0.15, 0.2) is 0 Å². The Labute approximate surface area is 121 Å². The summed E-state index contributed by atoms with van der Waals surface area (Å²) >= 11 is 0. The second-order valence-corrected chi connectivity index (χ2v) is 5.19. The molecule has 0 atom stereocenters. The molecule has 3 aromatic rings. The first-order valence-corrected chi connectivity index (χ1v) is 6.82. The van der Waals surface area contributed by atoms with Crippen molar-refractivity contribution < 1.29 is 0 Å². The molecule has 0 saturated heterocycles. The zero-order valence-corrected chi connectivity index (χ0v) is 12.0. The van der Waals surface area contributed by atoms with Gasteiger partial charge >= 0.3 is 5.69 Å². The van der Waals surface area contributed by atoms with E-state index in [0.29, 0.717) is 10.9 Å². The molecule has 0 radical (unpaired) electrons. The molecule has 21 heavy (non-hydrogen) atoms. The third-order valence-electron chi connectivity index (χ3n) is 3.77. The van der Waals surface area contributed by atoms with Gasteiger partial charge < -0.3 is 0 Å². The molecule has 0 aliphatic rings. The Morgan fingerprint density at radius 3 is 2.38 bits per heavy atom. The zero-order chi connectivity index (χ0) is 15.0. The predicted molar refractivity (Wildman–Crippen MR) is 83.7 cm³/mol. The lowest BCUT2D eigenvalue weighted by Gasteiger charge is -2.12. The number of aromatic nitrogens is 2. The summed E-state index contributed by atoms with van der Waals surface area (Å²) in [5.74, 6) is 0. The summed E-state index contributed by atoms with van der Waals surface area (Å²) in [6.07, 6.45) is 0. The van der Waals surface area contributed by atoms with Crippen molar-refractivity contribution in [1.82, 2.24) is 9.13 Å².